The number of anilines is 1. The maximum absolute atomic E-state index is 12.3. The van der Waals surface area contributed by atoms with E-state index in [4.69, 9.17) is 5.11 Å². The predicted octanol–water partition coefficient (Wildman–Crippen LogP) is 4.93. The van der Waals surface area contributed by atoms with Crippen LogP contribution in [0.2, 0.25) is 0 Å². The van der Waals surface area contributed by atoms with Crippen LogP contribution in [0.1, 0.15) is 70.9 Å². The van der Waals surface area contributed by atoms with Gasteiger partial charge in [-0.25, -0.2) is 8.42 Å². The summed E-state index contributed by atoms with van der Waals surface area (Å²) in [7, 11) is -13.6. The number of aliphatic carboxylic acids is 1. The number of allylic oxidation sites excluding steroid dienone is 6. The Kier molecular flexibility index (Phi) is 11.4. The Labute approximate surface area is 293 Å². The molecule has 0 amide bonds. The molecular weight excluding hydrogens is 709 g/mol. The van der Waals surface area contributed by atoms with Crippen molar-refractivity contribution in [3.63, 3.8) is 0 Å². The van der Waals surface area contributed by atoms with E-state index in [1.807, 2.05) is 38.7 Å². The molecule has 2 heterocycles. The summed E-state index contributed by atoms with van der Waals surface area (Å²) < 4.78 is 104. The van der Waals surface area contributed by atoms with Gasteiger partial charge in [0.25, 0.3) is 10.1 Å². The van der Waals surface area contributed by atoms with Gasteiger partial charge in [-0.3, -0.25) is 13.9 Å². The Hall–Kier alpha value is -3.67. The third kappa shape index (κ3) is 8.61. The second-order valence-corrected chi connectivity index (χ2v) is 17.7. The molecule has 3 N–H and O–H groups in total. The normalized spacial score (nSPS) is 18.1. The molecule has 0 radical (unpaired) electrons. The van der Waals surface area contributed by atoms with Crippen LogP contribution in [0.25, 0.3) is 0 Å². The van der Waals surface area contributed by atoms with Crippen molar-refractivity contribution in [1.82, 2.24) is 0 Å². The number of hydrogen-bond donors (Lipinski definition) is 3. The Morgan fingerprint density at radius 3 is 2.18 bits per heavy atom. The number of rotatable bonds is 15. The monoisotopic (exact) mass is 750 g/mol. The van der Waals surface area contributed by atoms with Gasteiger partial charge in [0.2, 0.25) is 5.69 Å². The zero-order valence-corrected chi connectivity index (χ0v) is 30.7. The fourth-order valence-corrected chi connectivity index (χ4v) is 8.38. The lowest BCUT2D eigenvalue weighted by Gasteiger charge is -2.27. The van der Waals surface area contributed by atoms with E-state index >= 15 is 0 Å². The molecule has 2 aliphatic heterocycles. The molecule has 2 aromatic carbocycles. The third-order valence-corrected chi connectivity index (χ3v) is 11.6. The van der Waals surface area contributed by atoms with Crippen LogP contribution in [0, 0.1) is 0 Å². The molecule has 2 aliphatic rings. The molecule has 13 nitrogen and oxygen atoms in total. The molecule has 0 saturated carbocycles. The molecule has 0 saturated heterocycles. The first-order chi connectivity index (χ1) is 23.1. The van der Waals surface area contributed by atoms with Crippen LogP contribution in [0.15, 0.2) is 82.3 Å². The van der Waals surface area contributed by atoms with E-state index < -0.39 is 52.9 Å². The first-order valence-corrected chi connectivity index (χ1v) is 20.4. The minimum atomic E-state index is -4.65. The molecule has 0 fully saturated rings. The Morgan fingerprint density at radius 2 is 1.56 bits per heavy atom. The van der Waals surface area contributed by atoms with Crippen molar-refractivity contribution in [2.24, 2.45) is 0 Å². The molecule has 0 atom stereocenters. The van der Waals surface area contributed by atoms with Crippen molar-refractivity contribution < 1.29 is 53.4 Å². The molecule has 0 aliphatic carbocycles. The van der Waals surface area contributed by atoms with Gasteiger partial charge in [0.05, 0.1) is 20.4 Å². The van der Waals surface area contributed by atoms with E-state index in [1.54, 1.807) is 41.0 Å². The summed E-state index contributed by atoms with van der Waals surface area (Å²) in [6, 6.07) is 8.95. The number of unbranched alkanes of at least 4 members (excludes halogenated alkanes) is 2. The Bertz CT molecular complexity index is 2130. The van der Waals surface area contributed by atoms with E-state index in [0.717, 1.165) is 11.4 Å². The number of para-hydroxylation sites is 1. The van der Waals surface area contributed by atoms with Crippen LogP contribution in [0.3, 0.4) is 0 Å². The lowest BCUT2D eigenvalue weighted by molar-refractivity contribution is -0.440. The number of carboxylic acids is 1. The van der Waals surface area contributed by atoms with Gasteiger partial charge in [0.1, 0.15) is 6.54 Å². The zero-order valence-electron chi connectivity index (χ0n) is 28.2. The van der Waals surface area contributed by atoms with Crippen LogP contribution >= 0.6 is 0 Å². The highest BCUT2D eigenvalue weighted by atomic mass is 32.2. The summed E-state index contributed by atoms with van der Waals surface area (Å²) in [6.45, 7) is 8.12. The van der Waals surface area contributed by atoms with Gasteiger partial charge in [-0.05, 0) is 62.6 Å². The zero-order chi connectivity index (χ0) is 37.3. The molecule has 50 heavy (non-hydrogen) atoms. The van der Waals surface area contributed by atoms with Crippen LogP contribution in [-0.2, 0) is 46.0 Å². The van der Waals surface area contributed by atoms with E-state index in [0.29, 0.717) is 42.6 Å². The van der Waals surface area contributed by atoms with Gasteiger partial charge in [0.15, 0.2) is 10.6 Å². The summed E-state index contributed by atoms with van der Waals surface area (Å²) in [4.78, 5) is 12.5. The summed E-state index contributed by atoms with van der Waals surface area (Å²) >= 11 is 0. The number of fused-ring (bicyclic) bond motifs is 2. The predicted molar refractivity (Wildman–Crippen MR) is 187 cm³/mol. The maximum Gasteiger partial charge on any atom is 0.303 e. The first kappa shape index (κ1) is 39.1. The number of hydrogen-bond acceptors (Lipinski definition) is 9. The minimum Gasteiger partial charge on any atom is -0.748 e. The number of benzene rings is 2. The fraction of sp³-hybridized carbons (Fsp3) is 0.412. The molecule has 4 rings (SSSR count). The largest absolute Gasteiger partial charge is 0.748 e. The molecular formula is C34H42N2O11S3. The van der Waals surface area contributed by atoms with Crippen molar-refractivity contribution in [2.45, 2.75) is 80.4 Å². The number of nitrogens with zero attached hydrogens (tertiary/aromatic N) is 2. The SMILES string of the molecule is CC1(C)C(/C=C/C=C/C=C2/N(CCCCCC(=O)O)c3ccc(S(=O)(=O)O)cc3C2(C)C)=[N+](CCCS(=O)(=O)[O-])c2c1cccc2S(=O)(=O)O. The highest BCUT2D eigenvalue weighted by Gasteiger charge is 2.47. The molecule has 272 valence electrons. The second-order valence-electron chi connectivity index (χ2n) is 13.3. The van der Waals surface area contributed by atoms with Crippen molar-refractivity contribution in [3.05, 3.63) is 83.6 Å². The minimum absolute atomic E-state index is 0.00269. The topological polar surface area (TPSA) is 209 Å². The van der Waals surface area contributed by atoms with Gasteiger partial charge in [-0.1, -0.05) is 50.6 Å². The molecule has 0 spiro atoms. The Balaban J connectivity index is 1.71. The first-order valence-electron chi connectivity index (χ1n) is 15.9. The van der Waals surface area contributed by atoms with E-state index in [9.17, 15) is 43.7 Å². The van der Waals surface area contributed by atoms with Gasteiger partial charge in [-0.2, -0.15) is 21.4 Å². The van der Waals surface area contributed by atoms with Crippen LogP contribution in [-0.4, -0.2) is 79.1 Å². The number of carboxylic acid groups (broad SMARTS) is 1. The molecule has 16 heteroatoms. The second kappa shape index (κ2) is 14.5. The average molecular weight is 751 g/mol. The van der Waals surface area contributed by atoms with Crippen molar-refractivity contribution >= 4 is 53.4 Å². The lowest BCUT2D eigenvalue weighted by Crippen LogP contribution is -2.28. The standard InChI is InChI=1S/C34H42N2O11S3/c1-33(2)25-13-11-14-28(50(45,46)47)32(25)36(21-12-22-48(39,40)41)30(33)16-8-5-7-15-29-34(3,4)26-23-24(49(42,43)44)18-19-27(26)35(29)20-10-6-9-17-31(37)38/h5,7-8,11,13-16,18-19,23H,6,9-10,12,17,20-22H2,1-4H3,(H3-,37,38,39,40,41,42,43,44,45,46,47). The van der Waals surface area contributed by atoms with Crippen LogP contribution in [0.5, 0.6) is 0 Å². The van der Waals surface area contributed by atoms with Gasteiger partial charge < -0.3 is 14.6 Å². The lowest BCUT2D eigenvalue weighted by atomic mass is 9.81. The Morgan fingerprint density at radius 1 is 0.860 bits per heavy atom. The van der Waals surface area contributed by atoms with E-state index in [-0.39, 0.29) is 34.9 Å². The average Bonchev–Trinajstić information content (AvgIpc) is 3.33. The van der Waals surface area contributed by atoms with Crippen molar-refractivity contribution in [1.29, 1.82) is 0 Å². The quantitative estimate of drug-likeness (QED) is 0.0958. The highest BCUT2D eigenvalue weighted by molar-refractivity contribution is 7.86. The van der Waals surface area contributed by atoms with Gasteiger partial charge in [0, 0.05) is 53.6 Å². The van der Waals surface area contributed by atoms with Gasteiger partial charge >= 0.3 is 16.1 Å². The van der Waals surface area contributed by atoms with E-state index in [1.165, 1.54) is 24.3 Å². The molecule has 0 unspecified atom stereocenters. The number of carbonyl (C=O) groups is 1. The smallest absolute Gasteiger partial charge is 0.303 e. The van der Waals surface area contributed by atoms with Crippen molar-refractivity contribution in [2.75, 3.05) is 23.7 Å². The summed E-state index contributed by atoms with van der Waals surface area (Å²) in [6.07, 6.45) is 10.7. The molecule has 0 aromatic heterocycles. The molecule has 2 aromatic rings. The van der Waals surface area contributed by atoms with Crippen LogP contribution in [0.4, 0.5) is 11.4 Å². The van der Waals surface area contributed by atoms with Crippen molar-refractivity contribution in [3.8, 4) is 0 Å². The highest BCUT2D eigenvalue weighted by Crippen LogP contribution is 2.49. The maximum atomic E-state index is 12.3. The van der Waals surface area contributed by atoms with Gasteiger partial charge in [-0.15, -0.1) is 0 Å². The summed E-state index contributed by atoms with van der Waals surface area (Å²) in [5, 5.41) is 8.99. The summed E-state index contributed by atoms with van der Waals surface area (Å²) in [5.74, 6) is -1.52. The van der Waals surface area contributed by atoms with Crippen LogP contribution < -0.4 is 4.90 Å². The summed E-state index contributed by atoms with van der Waals surface area (Å²) in [5.41, 5.74) is 2.26. The third-order valence-electron chi connectivity index (χ3n) is 9.09. The fourth-order valence-electron chi connectivity index (χ4n) is 6.68. The van der Waals surface area contributed by atoms with E-state index in [2.05, 4.69) is 0 Å². The molecule has 0 bridgehead atoms.